The average Bonchev–Trinajstić information content (AvgIpc) is 2.09. The molecule has 0 spiro atoms. The van der Waals surface area contributed by atoms with E-state index in [1.165, 1.54) is 19.3 Å². The molecule has 1 aliphatic heterocycles. The summed E-state index contributed by atoms with van der Waals surface area (Å²) in [6, 6.07) is 0.917. The van der Waals surface area contributed by atoms with Gasteiger partial charge in [0, 0.05) is 17.5 Å². The fourth-order valence-corrected chi connectivity index (χ4v) is 1.93. The molecule has 0 aromatic rings. The van der Waals surface area contributed by atoms with Crippen LogP contribution in [0.25, 0.3) is 0 Å². The summed E-state index contributed by atoms with van der Waals surface area (Å²) in [6.07, 6.45) is 3.62. The Balaban J connectivity index is 2.59. The van der Waals surface area contributed by atoms with Gasteiger partial charge in [-0.15, -0.1) is 0 Å². The Morgan fingerprint density at radius 2 is 1.67 bits per heavy atom. The van der Waals surface area contributed by atoms with E-state index in [9.17, 15) is 4.79 Å². The second-order valence-electron chi connectivity index (χ2n) is 5.73. The Morgan fingerprint density at radius 1 is 1.20 bits per heavy atom. The summed E-state index contributed by atoms with van der Waals surface area (Å²) in [4.78, 5) is 11.9. The average molecular weight is 212 g/mol. The van der Waals surface area contributed by atoms with Crippen molar-refractivity contribution >= 4 is 5.91 Å². The molecule has 2 atom stereocenters. The third kappa shape index (κ3) is 3.20. The van der Waals surface area contributed by atoms with Gasteiger partial charge in [0.1, 0.15) is 0 Å². The highest BCUT2D eigenvalue weighted by atomic mass is 16.2. The Bertz CT molecular complexity index is 222. The summed E-state index contributed by atoms with van der Waals surface area (Å²) in [6.45, 7) is 10.2. The molecule has 0 saturated carbocycles. The van der Waals surface area contributed by atoms with Crippen LogP contribution in [0.1, 0.15) is 53.9 Å². The van der Waals surface area contributed by atoms with Gasteiger partial charge < -0.3 is 0 Å². The highest BCUT2D eigenvalue weighted by Crippen LogP contribution is 2.21. The first-order valence-corrected chi connectivity index (χ1v) is 5.92. The van der Waals surface area contributed by atoms with Crippen molar-refractivity contribution in [2.24, 2.45) is 5.41 Å². The Kier molecular flexibility index (Phi) is 3.77. The van der Waals surface area contributed by atoms with Gasteiger partial charge >= 0.3 is 0 Å². The predicted molar refractivity (Wildman–Crippen MR) is 62.2 cm³/mol. The van der Waals surface area contributed by atoms with Crippen molar-refractivity contribution in [3.05, 3.63) is 0 Å². The molecule has 1 rings (SSSR count). The number of nitrogens with zero attached hydrogens (tertiary/aromatic N) is 1. The first-order valence-electron chi connectivity index (χ1n) is 5.92. The van der Waals surface area contributed by atoms with Crippen LogP contribution >= 0.6 is 0 Å². The lowest BCUT2D eigenvalue weighted by Gasteiger charge is -2.40. The molecule has 0 bridgehead atoms. The van der Waals surface area contributed by atoms with Gasteiger partial charge in [0.05, 0.1) is 0 Å². The van der Waals surface area contributed by atoms with Crippen LogP contribution in [0, 0.1) is 5.41 Å². The van der Waals surface area contributed by atoms with Crippen LogP contribution in [0.2, 0.25) is 0 Å². The number of carbonyl (C=O) groups excluding carboxylic acids is 1. The molecule has 1 aliphatic rings. The zero-order valence-electron chi connectivity index (χ0n) is 10.6. The molecular formula is C12H24N2O. The summed E-state index contributed by atoms with van der Waals surface area (Å²) in [7, 11) is 0. The molecule has 1 saturated heterocycles. The number of amides is 1. The maximum Gasteiger partial charge on any atom is 0.239 e. The molecule has 15 heavy (non-hydrogen) atoms. The van der Waals surface area contributed by atoms with E-state index >= 15 is 0 Å². The molecule has 3 heteroatoms. The molecule has 1 amide bonds. The van der Waals surface area contributed by atoms with E-state index in [1.54, 1.807) is 0 Å². The molecule has 0 radical (unpaired) electrons. The molecule has 0 aliphatic carbocycles. The van der Waals surface area contributed by atoms with Crippen molar-refractivity contribution in [3.63, 3.8) is 0 Å². The first kappa shape index (κ1) is 12.5. The summed E-state index contributed by atoms with van der Waals surface area (Å²) < 4.78 is 0. The summed E-state index contributed by atoms with van der Waals surface area (Å²) in [5.74, 6) is 0.114. The fraction of sp³-hybridized carbons (Fsp3) is 0.917. The monoisotopic (exact) mass is 212 g/mol. The zero-order valence-corrected chi connectivity index (χ0v) is 10.6. The predicted octanol–water partition coefficient (Wildman–Crippen LogP) is 2.33. The SMILES string of the molecule is C[C@@H]1CCC[C@H](C)N1NC(=O)C(C)(C)C. The van der Waals surface area contributed by atoms with E-state index in [1.807, 2.05) is 20.8 Å². The fourth-order valence-electron chi connectivity index (χ4n) is 1.93. The van der Waals surface area contributed by atoms with Gasteiger partial charge in [0.25, 0.3) is 0 Å². The third-order valence-electron chi connectivity index (χ3n) is 3.11. The van der Waals surface area contributed by atoms with Crippen molar-refractivity contribution in [2.75, 3.05) is 0 Å². The lowest BCUT2D eigenvalue weighted by atomic mass is 9.95. The Labute approximate surface area is 93.2 Å². The number of nitrogens with one attached hydrogen (secondary N) is 1. The van der Waals surface area contributed by atoms with Crippen molar-refractivity contribution in [1.82, 2.24) is 10.4 Å². The number of hydrogen-bond donors (Lipinski definition) is 1. The van der Waals surface area contributed by atoms with E-state index in [4.69, 9.17) is 0 Å². The minimum absolute atomic E-state index is 0.114. The third-order valence-corrected chi connectivity index (χ3v) is 3.11. The minimum Gasteiger partial charge on any atom is -0.288 e. The molecule has 1 heterocycles. The molecule has 0 aromatic heterocycles. The number of hydrogen-bond acceptors (Lipinski definition) is 2. The second-order valence-corrected chi connectivity index (χ2v) is 5.73. The molecule has 3 nitrogen and oxygen atoms in total. The second kappa shape index (κ2) is 4.52. The van der Waals surface area contributed by atoms with Gasteiger partial charge in [-0.2, -0.15) is 0 Å². The lowest BCUT2D eigenvalue weighted by molar-refractivity contribution is -0.137. The summed E-state index contributed by atoms with van der Waals surface area (Å²) in [5.41, 5.74) is 2.74. The molecule has 0 unspecified atom stereocenters. The summed E-state index contributed by atoms with van der Waals surface area (Å²) in [5, 5.41) is 2.12. The van der Waals surface area contributed by atoms with Gasteiger partial charge in [-0.25, -0.2) is 5.01 Å². The number of carbonyl (C=O) groups is 1. The van der Waals surface area contributed by atoms with Crippen molar-refractivity contribution in [3.8, 4) is 0 Å². The maximum atomic E-state index is 11.9. The van der Waals surface area contributed by atoms with E-state index in [0.29, 0.717) is 12.1 Å². The summed E-state index contributed by atoms with van der Waals surface area (Å²) >= 11 is 0. The Morgan fingerprint density at radius 3 is 2.07 bits per heavy atom. The molecule has 1 fully saturated rings. The minimum atomic E-state index is -0.309. The normalized spacial score (nSPS) is 28.9. The van der Waals surface area contributed by atoms with E-state index in [2.05, 4.69) is 24.3 Å². The number of piperidine rings is 1. The highest BCUT2D eigenvalue weighted by Gasteiger charge is 2.29. The first-order chi connectivity index (χ1) is 6.82. The van der Waals surface area contributed by atoms with Crippen LogP contribution in [0.3, 0.4) is 0 Å². The van der Waals surface area contributed by atoms with Crippen LogP contribution in [0.15, 0.2) is 0 Å². The van der Waals surface area contributed by atoms with Crippen molar-refractivity contribution < 1.29 is 4.79 Å². The van der Waals surface area contributed by atoms with E-state index in [-0.39, 0.29) is 11.3 Å². The van der Waals surface area contributed by atoms with Gasteiger partial charge in [0.15, 0.2) is 0 Å². The highest BCUT2D eigenvalue weighted by molar-refractivity contribution is 5.80. The lowest BCUT2D eigenvalue weighted by Crippen LogP contribution is -2.56. The van der Waals surface area contributed by atoms with Gasteiger partial charge in [-0.1, -0.05) is 27.2 Å². The molecule has 1 N–H and O–H groups in total. The van der Waals surface area contributed by atoms with Crippen molar-refractivity contribution in [2.45, 2.75) is 66.0 Å². The van der Waals surface area contributed by atoms with Crippen LogP contribution < -0.4 is 5.43 Å². The van der Waals surface area contributed by atoms with Crippen LogP contribution in [-0.4, -0.2) is 23.0 Å². The Hall–Kier alpha value is -0.570. The number of rotatable bonds is 1. The quantitative estimate of drug-likeness (QED) is 0.723. The van der Waals surface area contributed by atoms with E-state index in [0.717, 1.165) is 0 Å². The van der Waals surface area contributed by atoms with Crippen LogP contribution in [0.4, 0.5) is 0 Å². The van der Waals surface area contributed by atoms with Crippen molar-refractivity contribution in [1.29, 1.82) is 0 Å². The largest absolute Gasteiger partial charge is 0.288 e. The van der Waals surface area contributed by atoms with Gasteiger partial charge in [-0.05, 0) is 26.7 Å². The van der Waals surface area contributed by atoms with Gasteiger partial charge in [0.2, 0.25) is 5.91 Å². The molecule has 88 valence electrons. The van der Waals surface area contributed by atoms with Gasteiger partial charge in [-0.3, -0.25) is 10.2 Å². The number of hydrazine groups is 1. The maximum absolute atomic E-state index is 11.9. The standard InChI is InChI=1S/C12H24N2O/c1-9-7-6-8-10(2)14(9)13-11(15)12(3,4)5/h9-10H,6-8H2,1-5H3,(H,13,15)/t9-,10+. The topological polar surface area (TPSA) is 32.3 Å². The zero-order chi connectivity index (χ0) is 11.6. The van der Waals surface area contributed by atoms with Crippen LogP contribution in [-0.2, 0) is 4.79 Å². The smallest absolute Gasteiger partial charge is 0.239 e. The van der Waals surface area contributed by atoms with Crippen LogP contribution in [0.5, 0.6) is 0 Å². The molecule has 0 aromatic carbocycles. The molecular weight excluding hydrogens is 188 g/mol. The van der Waals surface area contributed by atoms with E-state index < -0.39 is 0 Å².